The zero-order valence-electron chi connectivity index (χ0n) is 9.25. The number of hydrogen-bond donors (Lipinski definition) is 4. The summed E-state index contributed by atoms with van der Waals surface area (Å²) in [6.07, 6.45) is -2.39. The fourth-order valence-electron chi connectivity index (χ4n) is 1.57. The summed E-state index contributed by atoms with van der Waals surface area (Å²) in [6, 6.07) is 7.62. The predicted octanol–water partition coefficient (Wildman–Crippen LogP) is 1.65. The van der Waals surface area contributed by atoms with Crippen LogP contribution in [0.5, 0.6) is 0 Å². The van der Waals surface area contributed by atoms with E-state index in [0.717, 1.165) is 0 Å². The van der Waals surface area contributed by atoms with E-state index < -0.39 is 24.3 Å². The molecule has 17 heavy (non-hydrogen) atoms. The van der Waals surface area contributed by atoms with E-state index in [0.29, 0.717) is 5.56 Å². The summed E-state index contributed by atoms with van der Waals surface area (Å²) in [4.78, 5) is 21.2. The largest absolute Gasteiger partial charge is 0.465 e. The molecule has 0 aliphatic carbocycles. The quantitative estimate of drug-likeness (QED) is 0.641. The Bertz CT molecular complexity index is 394. The van der Waals surface area contributed by atoms with Crippen LogP contribution in [0.1, 0.15) is 18.5 Å². The Morgan fingerprint density at radius 3 is 2.06 bits per heavy atom. The van der Waals surface area contributed by atoms with Crippen LogP contribution in [0.2, 0.25) is 0 Å². The average Bonchev–Trinajstić information content (AvgIpc) is 2.25. The molecule has 0 aromatic heterocycles. The number of nitrogens with one attached hydrogen (secondary N) is 2. The Hall–Kier alpha value is -2.24. The monoisotopic (exact) mass is 238 g/mol. The van der Waals surface area contributed by atoms with Gasteiger partial charge in [-0.1, -0.05) is 30.3 Å². The lowest BCUT2D eigenvalue weighted by molar-refractivity contribution is 0.177. The van der Waals surface area contributed by atoms with Crippen LogP contribution in [0.4, 0.5) is 9.59 Å². The number of rotatable bonds is 4. The second-order valence-corrected chi connectivity index (χ2v) is 3.58. The van der Waals surface area contributed by atoms with E-state index in [2.05, 4.69) is 10.6 Å². The maximum absolute atomic E-state index is 10.7. The Balaban J connectivity index is 2.87. The molecule has 6 heteroatoms. The molecule has 0 saturated heterocycles. The zero-order chi connectivity index (χ0) is 12.8. The van der Waals surface area contributed by atoms with Gasteiger partial charge in [-0.05, 0) is 12.5 Å². The van der Waals surface area contributed by atoms with Crippen LogP contribution in [-0.4, -0.2) is 28.4 Å². The standard InChI is InChI=1S/C11H14N2O4/c1-7(12-10(14)15)9(13-11(16)17)8-5-3-2-4-6-8/h2-7,9,12-13H,1H3,(H,14,15)(H,16,17)/t7-,9?/m1/s1. The van der Waals surface area contributed by atoms with Gasteiger partial charge in [0, 0.05) is 0 Å². The minimum atomic E-state index is -1.20. The molecule has 1 aromatic carbocycles. The Kier molecular flexibility index (Phi) is 4.33. The maximum atomic E-state index is 10.7. The highest BCUT2D eigenvalue weighted by molar-refractivity contribution is 5.67. The first-order valence-corrected chi connectivity index (χ1v) is 5.04. The highest BCUT2D eigenvalue weighted by atomic mass is 16.4. The van der Waals surface area contributed by atoms with Crippen molar-refractivity contribution in [3.05, 3.63) is 35.9 Å². The molecule has 0 aliphatic rings. The predicted molar refractivity (Wildman–Crippen MR) is 61.0 cm³/mol. The lowest BCUT2D eigenvalue weighted by atomic mass is 10.0. The van der Waals surface area contributed by atoms with Crippen molar-refractivity contribution < 1.29 is 19.8 Å². The molecule has 0 radical (unpaired) electrons. The van der Waals surface area contributed by atoms with E-state index in [9.17, 15) is 9.59 Å². The number of benzene rings is 1. The van der Waals surface area contributed by atoms with Crippen LogP contribution in [0.3, 0.4) is 0 Å². The normalized spacial score (nSPS) is 13.5. The summed E-state index contributed by atoms with van der Waals surface area (Å²) in [5.74, 6) is 0. The summed E-state index contributed by atoms with van der Waals surface area (Å²) < 4.78 is 0. The lowest BCUT2D eigenvalue weighted by Gasteiger charge is -2.24. The van der Waals surface area contributed by atoms with E-state index in [4.69, 9.17) is 10.2 Å². The molecule has 1 unspecified atom stereocenters. The highest BCUT2D eigenvalue weighted by Crippen LogP contribution is 2.16. The summed E-state index contributed by atoms with van der Waals surface area (Å²) in [5.41, 5.74) is 0.705. The third-order valence-corrected chi connectivity index (χ3v) is 2.29. The lowest BCUT2D eigenvalue weighted by Crippen LogP contribution is -2.43. The summed E-state index contributed by atoms with van der Waals surface area (Å²) >= 11 is 0. The maximum Gasteiger partial charge on any atom is 0.405 e. The molecule has 0 spiro atoms. The molecule has 0 fully saturated rings. The van der Waals surface area contributed by atoms with Gasteiger partial charge in [0.05, 0.1) is 12.1 Å². The highest BCUT2D eigenvalue weighted by Gasteiger charge is 2.22. The van der Waals surface area contributed by atoms with Crippen molar-refractivity contribution in [2.75, 3.05) is 0 Å². The van der Waals surface area contributed by atoms with Gasteiger partial charge in [-0.3, -0.25) is 0 Å². The molecule has 0 heterocycles. The molecule has 0 saturated carbocycles. The van der Waals surface area contributed by atoms with Crippen molar-refractivity contribution in [1.82, 2.24) is 10.6 Å². The van der Waals surface area contributed by atoms with Gasteiger partial charge in [-0.25, -0.2) is 9.59 Å². The van der Waals surface area contributed by atoms with Crippen LogP contribution in [0.25, 0.3) is 0 Å². The van der Waals surface area contributed by atoms with E-state index in [1.165, 1.54) is 0 Å². The van der Waals surface area contributed by atoms with Gasteiger partial charge in [-0.15, -0.1) is 0 Å². The van der Waals surface area contributed by atoms with Gasteiger partial charge in [0.2, 0.25) is 0 Å². The smallest absolute Gasteiger partial charge is 0.405 e. The molecular weight excluding hydrogens is 224 g/mol. The SMILES string of the molecule is C[C@@H](NC(=O)O)C(NC(=O)O)c1ccccc1. The minimum Gasteiger partial charge on any atom is -0.465 e. The molecule has 0 bridgehead atoms. The Morgan fingerprint density at radius 2 is 1.59 bits per heavy atom. The fourth-order valence-corrected chi connectivity index (χ4v) is 1.57. The second kappa shape index (κ2) is 5.74. The Morgan fingerprint density at radius 1 is 1.06 bits per heavy atom. The third-order valence-electron chi connectivity index (χ3n) is 2.29. The molecular formula is C11H14N2O4. The first-order chi connectivity index (χ1) is 8.00. The first-order valence-electron chi connectivity index (χ1n) is 5.04. The molecule has 2 atom stereocenters. The molecule has 1 rings (SSSR count). The summed E-state index contributed by atoms with van der Waals surface area (Å²) in [6.45, 7) is 1.60. The van der Waals surface area contributed by atoms with Gasteiger partial charge in [0.15, 0.2) is 0 Å². The van der Waals surface area contributed by atoms with Crippen molar-refractivity contribution in [2.24, 2.45) is 0 Å². The van der Waals surface area contributed by atoms with Crippen LogP contribution in [0, 0.1) is 0 Å². The second-order valence-electron chi connectivity index (χ2n) is 3.58. The van der Waals surface area contributed by atoms with Crippen molar-refractivity contribution in [2.45, 2.75) is 19.0 Å². The van der Waals surface area contributed by atoms with Crippen molar-refractivity contribution in [3.63, 3.8) is 0 Å². The number of amides is 2. The summed E-state index contributed by atoms with van der Waals surface area (Å²) in [5, 5.41) is 21.9. The van der Waals surface area contributed by atoms with Crippen LogP contribution < -0.4 is 10.6 Å². The Labute approximate surface area is 98.3 Å². The van der Waals surface area contributed by atoms with Gasteiger partial charge in [0.25, 0.3) is 0 Å². The van der Waals surface area contributed by atoms with Gasteiger partial charge in [0.1, 0.15) is 0 Å². The van der Waals surface area contributed by atoms with Crippen molar-refractivity contribution >= 4 is 12.2 Å². The minimum absolute atomic E-state index is 0.564. The van der Waals surface area contributed by atoms with Gasteiger partial charge >= 0.3 is 12.2 Å². The average molecular weight is 238 g/mol. The van der Waals surface area contributed by atoms with E-state index >= 15 is 0 Å². The van der Waals surface area contributed by atoms with Gasteiger partial charge < -0.3 is 20.8 Å². The molecule has 1 aromatic rings. The molecule has 0 aliphatic heterocycles. The molecule has 6 nitrogen and oxygen atoms in total. The number of carbonyl (C=O) groups is 2. The molecule has 4 N–H and O–H groups in total. The first kappa shape index (κ1) is 12.8. The van der Waals surface area contributed by atoms with Crippen LogP contribution in [0.15, 0.2) is 30.3 Å². The fraction of sp³-hybridized carbons (Fsp3) is 0.273. The topological polar surface area (TPSA) is 98.7 Å². The van der Waals surface area contributed by atoms with Gasteiger partial charge in [-0.2, -0.15) is 0 Å². The molecule has 2 amide bonds. The molecule has 92 valence electrons. The van der Waals surface area contributed by atoms with Crippen LogP contribution in [-0.2, 0) is 0 Å². The number of carboxylic acid groups (broad SMARTS) is 2. The van der Waals surface area contributed by atoms with Crippen molar-refractivity contribution in [3.8, 4) is 0 Å². The van der Waals surface area contributed by atoms with Crippen molar-refractivity contribution in [1.29, 1.82) is 0 Å². The van der Waals surface area contributed by atoms with E-state index in [1.807, 2.05) is 0 Å². The van der Waals surface area contributed by atoms with E-state index in [1.54, 1.807) is 37.3 Å². The van der Waals surface area contributed by atoms with E-state index in [-0.39, 0.29) is 0 Å². The third kappa shape index (κ3) is 4.02. The summed E-state index contributed by atoms with van der Waals surface area (Å²) in [7, 11) is 0. The number of hydrogen-bond acceptors (Lipinski definition) is 2. The van der Waals surface area contributed by atoms with Crippen LogP contribution >= 0.6 is 0 Å². The zero-order valence-corrected chi connectivity index (χ0v) is 9.25.